The quantitative estimate of drug-likeness (QED) is 0.496. The number of nitrogens with one attached hydrogen (secondary N) is 1. The first-order valence-corrected chi connectivity index (χ1v) is 12.5. The molecule has 2 aliphatic rings. The topological polar surface area (TPSA) is 44.8 Å². The molecule has 1 fully saturated rings. The van der Waals surface area contributed by atoms with Crippen LogP contribution in [0.2, 0.25) is 0 Å². The lowest BCUT2D eigenvalue weighted by Crippen LogP contribution is -2.61. The van der Waals surface area contributed by atoms with Gasteiger partial charge in [0.2, 0.25) is 5.91 Å². The first-order valence-electron chi connectivity index (χ1n) is 12.5. The highest BCUT2D eigenvalue weighted by atomic mass is 19.4. The summed E-state index contributed by atoms with van der Waals surface area (Å²) in [6.45, 7) is 3.72. The van der Waals surface area contributed by atoms with Crippen LogP contribution in [0.1, 0.15) is 29.7 Å². The van der Waals surface area contributed by atoms with E-state index in [0.717, 1.165) is 28.8 Å². The minimum atomic E-state index is -4.44. The number of hydrogen-bond acceptors (Lipinski definition) is 4. The molecule has 194 valence electrons. The molecular formula is C29H30F3N3O2. The van der Waals surface area contributed by atoms with E-state index in [1.165, 1.54) is 6.07 Å². The fourth-order valence-corrected chi connectivity index (χ4v) is 5.55. The van der Waals surface area contributed by atoms with E-state index in [9.17, 15) is 18.0 Å². The third-order valence-electron chi connectivity index (χ3n) is 7.46. The van der Waals surface area contributed by atoms with Crippen LogP contribution in [-0.4, -0.2) is 38.7 Å². The molecule has 0 saturated carbocycles. The van der Waals surface area contributed by atoms with Crippen LogP contribution in [0, 0.1) is 5.92 Å². The number of nitrogens with zero attached hydrogens (tertiary/aromatic N) is 2. The van der Waals surface area contributed by atoms with Crippen molar-refractivity contribution in [2.24, 2.45) is 5.92 Å². The van der Waals surface area contributed by atoms with Gasteiger partial charge in [0, 0.05) is 25.3 Å². The number of methoxy groups -OCH3 is 1. The van der Waals surface area contributed by atoms with E-state index in [1.54, 1.807) is 13.2 Å². The molecule has 37 heavy (non-hydrogen) atoms. The summed E-state index contributed by atoms with van der Waals surface area (Å²) in [6, 6.07) is 20.9. The zero-order chi connectivity index (χ0) is 26.2. The summed E-state index contributed by atoms with van der Waals surface area (Å²) >= 11 is 0. The minimum absolute atomic E-state index is 0.156. The first-order chi connectivity index (χ1) is 17.8. The van der Waals surface area contributed by atoms with Gasteiger partial charge in [-0.1, -0.05) is 42.5 Å². The zero-order valence-electron chi connectivity index (χ0n) is 20.8. The molecule has 0 unspecified atom stereocenters. The molecule has 8 heteroatoms. The van der Waals surface area contributed by atoms with Crippen LogP contribution < -0.4 is 19.9 Å². The summed E-state index contributed by atoms with van der Waals surface area (Å²) in [5.41, 5.74) is 2.57. The maximum atomic E-state index is 13.7. The summed E-state index contributed by atoms with van der Waals surface area (Å²) in [7, 11) is 1.63. The number of amides is 1. The van der Waals surface area contributed by atoms with Gasteiger partial charge in [0.05, 0.1) is 36.4 Å². The van der Waals surface area contributed by atoms with Crippen LogP contribution in [0.15, 0.2) is 72.8 Å². The predicted molar refractivity (Wildman–Crippen MR) is 138 cm³/mol. The highest BCUT2D eigenvalue weighted by Gasteiger charge is 2.43. The molecule has 0 aliphatic carbocycles. The van der Waals surface area contributed by atoms with E-state index in [0.29, 0.717) is 25.2 Å². The molecule has 0 radical (unpaired) electrons. The number of anilines is 2. The van der Waals surface area contributed by atoms with Crippen LogP contribution in [0.3, 0.4) is 0 Å². The van der Waals surface area contributed by atoms with Crippen LogP contribution in [0.4, 0.5) is 24.5 Å². The Balaban J connectivity index is 1.48. The number of para-hydroxylation sites is 2. The van der Waals surface area contributed by atoms with Crippen molar-refractivity contribution < 1.29 is 22.7 Å². The second-order valence-corrected chi connectivity index (χ2v) is 9.67. The van der Waals surface area contributed by atoms with Gasteiger partial charge in [-0.05, 0) is 54.8 Å². The number of benzene rings is 3. The Hall–Kier alpha value is -3.68. The van der Waals surface area contributed by atoms with Gasteiger partial charge in [-0.25, -0.2) is 0 Å². The van der Waals surface area contributed by atoms with Gasteiger partial charge < -0.3 is 19.9 Å². The Bertz CT molecular complexity index is 1260. The second-order valence-electron chi connectivity index (χ2n) is 9.67. The fraction of sp³-hybridized carbons (Fsp3) is 0.345. The van der Waals surface area contributed by atoms with Crippen molar-refractivity contribution in [3.63, 3.8) is 0 Å². The molecule has 1 amide bonds. The van der Waals surface area contributed by atoms with Gasteiger partial charge in [0.25, 0.3) is 0 Å². The van der Waals surface area contributed by atoms with E-state index in [1.807, 2.05) is 61.5 Å². The molecule has 2 aliphatic heterocycles. The molecule has 1 saturated heterocycles. The maximum absolute atomic E-state index is 13.7. The molecule has 3 aromatic carbocycles. The molecule has 5 rings (SSSR count). The van der Waals surface area contributed by atoms with Gasteiger partial charge >= 0.3 is 6.18 Å². The molecule has 0 aromatic heterocycles. The van der Waals surface area contributed by atoms with Crippen LogP contribution in [-0.2, 0) is 17.4 Å². The van der Waals surface area contributed by atoms with Crippen LogP contribution >= 0.6 is 0 Å². The number of rotatable bonds is 5. The third kappa shape index (κ3) is 4.97. The highest BCUT2D eigenvalue weighted by molar-refractivity contribution is 5.83. The number of alkyl halides is 3. The number of fused-ring (bicyclic) bond motifs is 3. The molecule has 3 aromatic rings. The zero-order valence-corrected chi connectivity index (χ0v) is 20.8. The van der Waals surface area contributed by atoms with Crippen molar-refractivity contribution in [1.82, 2.24) is 5.32 Å². The van der Waals surface area contributed by atoms with Crippen molar-refractivity contribution in [3.8, 4) is 5.75 Å². The monoisotopic (exact) mass is 509 g/mol. The van der Waals surface area contributed by atoms with Crippen LogP contribution in [0.5, 0.6) is 5.75 Å². The molecule has 0 bridgehead atoms. The summed E-state index contributed by atoms with van der Waals surface area (Å²) in [6.07, 6.45) is -4.19. The Kier molecular flexibility index (Phi) is 6.75. The molecule has 0 spiro atoms. The van der Waals surface area contributed by atoms with Crippen molar-refractivity contribution >= 4 is 17.3 Å². The molecule has 3 atom stereocenters. The lowest BCUT2D eigenvalue weighted by atomic mass is 9.82. The normalized spacial score (nSPS) is 20.0. The minimum Gasteiger partial charge on any atom is -0.495 e. The Morgan fingerprint density at radius 1 is 1.00 bits per heavy atom. The molecule has 1 N–H and O–H groups in total. The van der Waals surface area contributed by atoms with Gasteiger partial charge in [0.15, 0.2) is 0 Å². The summed E-state index contributed by atoms with van der Waals surface area (Å²) < 4.78 is 46.1. The van der Waals surface area contributed by atoms with Crippen molar-refractivity contribution in [2.45, 2.75) is 31.6 Å². The predicted octanol–water partition coefficient (Wildman–Crippen LogP) is 5.46. The van der Waals surface area contributed by atoms with Crippen molar-refractivity contribution in [2.75, 3.05) is 36.5 Å². The van der Waals surface area contributed by atoms with Crippen molar-refractivity contribution in [1.29, 1.82) is 0 Å². The Morgan fingerprint density at radius 2 is 1.73 bits per heavy atom. The maximum Gasteiger partial charge on any atom is 0.416 e. The number of hydrogen-bond donors (Lipinski definition) is 1. The molecule has 2 heterocycles. The standard InChI is InChI=1S/C29H30F3N3O2/c1-19(20-8-4-3-5-9-20)33-28(36)23-17-21-16-22(29(30,31)32)12-13-24(21)35-15-14-34(18-26(23)35)25-10-6-7-11-27(25)37-2/h3-13,16,19,23,26H,14-15,17-18H2,1-2H3,(H,33,36)/t19-,23-,26+/m0/s1. The Labute approximate surface area is 214 Å². The summed E-state index contributed by atoms with van der Waals surface area (Å²) in [5.74, 6) is 0.0802. The smallest absolute Gasteiger partial charge is 0.416 e. The second kappa shape index (κ2) is 10.00. The largest absolute Gasteiger partial charge is 0.495 e. The summed E-state index contributed by atoms with van der Waals surface area (Å²) in [4.78, 5) is 18.0. The van der Waals surface area contributed by atoms with E-state index >= 15 is 0 Å². The van der Waals surface area contributed by atoms with Gasteiger partial charge in [0.1, 0.15) is 5.75 Å². The van der Waals surface area contributed by atoms with Gasteiger partial charge in [-0.3, -0.25) is 4.79 Å². The Morgan fingerprint density at radius 3 is 2.46 bits per heavy atom. The number of carbonyl (C=O) groups excluding carboxylic acids is 1. The van der Waals surface area contributed by atoms with Gasteiger partial charge in [-0.15, -0.1) is 0 Å². The lowest BCUT2D eigenvalue weighted by molar-refractivity contribution is -0.137. The SMILES string of the molecule is COc1ccccc1N1CCN2c3ccc(C(F)(F)F)cc3C[C@H](C(=O)N[C@@H](C)c3ccccc3)[C@H]2C1. The summed E-state index contributed by atoms with van der Waals surface area (Å²) in [5, 5.41) is 3.12. The first kappa shape index (κ1) is 25.0. The fourth-order valence-electron chi connectivity index (χ4n) is 5.55. The number of ether oxygens (including phenoxy) is 1. The van der Waals surface area contributed by atoms with Crippen LogP contribution in [0.25, 0.3) is 0 Å². The van der Waals surface area contributed by atoms with E-state index < -0.39 is 17.7 Å². The number of piperazine rings is 1. The molecule has 5 nitrogen and oxygen atoms in total. The lowest BCUT2D eigenvalue weighted by Gasteiger charge is -2.50. The highest BCUT2D eigenvalue weighted by Crippen LogP contribution is 2.41. The van der Waals surface area contributed by atoms with Gasteiger partial charge in [-0.2, -0.15) is 13.2 Å². The molecular weight excluding hydrogens is 479 g/mol. The van der Waals surface area contributed by atoms with Crippen molar-refractivity contribution in [3.05, 3.63) is 89.5 Å². The third-order valence-corrected chi connectivity index (χ3v) is 7.46. The van der Waals surface area contributed by atoms with E-state index in [2.05, 4.69) is 15.1 Å². The van der Waals surface area contributed by atoms with E-state index in [4.69, 9.17) is 4.74 Å². The number of carbonyl (C=O) groups is 1. The number of halogens is 3. The van der Waals surface area contributed by atoms with E-state index in [-0.39, 0.29) is 24.4 Å². The average Bonchev–Trinajstić information content (AvgIpc) is 2.91. The average molecular weight is 510 g/mol.